The molecule has 0 radical (unpaired) electrons. The predicted octanol–water partition coefficient (Wildman–Crippen LogP) is 4.01. The van der Waals surface area contributed by atoms with E-state index in [9.17, 15) is 14.4 Å². The lowest BCUT2D eigenvalue weighted by atomic mass is 9.84. The first-order chi connectivity index (χ1) is 16.3. The number of benzene rings is 2. The number of amides is 2. The SMILES string of the molecule is CC(C)[C@H](NC(=O)Cc1cccc2ccccc12)C(=O)OCC(=O)N[C@@H](C)[C@H]1C[C@H]2CC[C@H]1C2. The van der Waals surface area contributed by atoms with Gasteiger partial charge in [0, 0.05) is 6.04 Å². The molecule has 0 saturated heterocycles. The van der Waals surface area contributed by atoms with Crippen LogP contribution in [0.4, 0.5) is 0 Å². The van der Waals surface area contributed by atoms with E-state index in [1.807, 2.05) is 56.3 Å². The Morgan fingerprint density at radius 3 is 2.41 bits per heavy atom. The van der Waals surface area contributed by atoms with E-state index in [2.05, 4.69) is 17.6 Å². The van der Waals surface area contributed by atoms with Gasteiger partial charge >= 0.3 is 5.97 Å². The Morgan fingerprint density at radius 1 is 0.941 bits per heavy atom. The van der Waals surface area contributed by atoms with Crippen LogP contribution in [-0.2, 0) is 25.5 Å². The summed E-state index contributed by atoms with van der Waals surface area (Å²) in [5.74, 6) is 0.773. The van der Waals surface area contributed by atoms with Crippen molar-refractivity contribution in [1.29, 1.82) is 0 Å². The number of carbonyl (C=O) groups excluding carboxylic acids is 3. The fourth-order valence-electron chi connectivity index (χ4n) is 5.88. The average molecular weight is 465 g/mol. The fourth-order valence-corrected chi connectivity index (χ4v) is 5.88. The minimum atomic E-state index is -0.807. The van der Waals surface area contributed by atoms with Gasteiger partial charge in [-0.15, -0.1) is 0 Å². The number of hydrogen-bond acceptors (Lipinski definition) is 4. The van der Waals surface area contributed by atoms with Gasteiger partial charge in [-0.2, -0.15) is 0 Å². The lowest BCUT2D eigenvalue weighted by molar-refractivity contribution is -0.153. The van der Waals surface area contributed by atoms with Crippen LogP contribution in [0.25, 0.3) is 10.8 Å². The van der Waals surface area contributed by atoms with Gasteiger partial charge < -0.3 is 15.4 Å². The van der Waals surface area contributed by atoms with Crippen molar-refractivity contribution in [3.8, 4) is 0 Å². The Morgan fingerprint density at radius 2 is 1.71 bits per heavy atom. The van der Waals surface area contributed by atoms with Gasteiger partial charge in [-0.25, -0.2) is 4.79 Å². The number of hydrogen-bond donors (Lipinski definition) is 2. The van der Waals surface area contributed by atoms with E-state index in [4.69, 9.17) is 4.74 Å². The second-order valence-corrected chi connectivity index (χ2v) is 10.4. The molecular weight excluding hydrogens is 428 g/mol. The van der Waals surface area contributed by atoms with Gasteiger partial charge in [-0.05, 0) is 66.2 Å². The molecule has 182 valence electrons. The van der Waals surface area contributed by atoms with Gasteiger partial charge in [0.1, 0.15) is 6.04 Å². The number of nitrogens with one attached hydrogen (secondary N) is 2. The lowest BCUT2D eigenvalue weighted by Crippen LogP contribution is -2.47. The quantitative estimate of drug-likeness (QED) is 0.549. The van der Waals surface area contributed by atoms with Crippen LogP contribution in [0.3, 0.4) is 0 Å². The maximum atomic E-state index is 12.8. The number of fused-ring (bicyclic) bond motifs is 3. The molecule has 0 heterocycles. The van der Waals surface area contributed by atoms with Crippen LogP contribution in [-0.4, -0.2) is 36.5 Å². The summed E-state index contributed by atoms with van der Waals surface area (Å²) in [5.41, 5.74) is 0.903. The number of carbonyl (C=O) groups is 3. The maximum Gasteiger partial charge on any atom is 0.329 e. The zero-order valence-electron chi connectivity index (χ0n) is 20.4. The first-order valence-electron chi connectivity index (χ1n) is 12.5. The molecule has 0 aromatic heterocycles. The monoisotopic (exact) mass is 464 g/mol. The van der Waals surface area contributed by atoms with Crippen molar-refractivity contribution < 1.29 is 19.1 Å². The van der Waals surface area contributed by atoms with Crippen LogP contribution in [0.5, 0.6) is 0 Å². The van der Waals surface area contributed by atoms with E-state index >= 15 is 0 Å². The summed E-state index contributed by atoms with van der Waals surface area (Å²) in [6, 6.07) is 13.0. The van der Waals surface area contributed by atoms with Gasteiger partial charge in [-0.1, -0.05) is 62.7 Å². The van der Waals surface area contributed by atoms with E-state index in [0.717, 1.165) is 22.3 Å². The molecule has 2 aliphatic carbocycles. The Kier molecular flexibility index (Phi) is 7.54. The van der Waals surface area contributed by atoms with Crippen LogP contribution in [0, 0.1) is 23.7 Å². The van der Waals surface area contributed by atoms with Crippen LogP contribution in [0.2, 0.25) is 0 Å². The molecule has 2 bridgehead atoms. The van der Waals surface area contributed by atoms with E-state index < -0.39 is 12.0 Å². The highest BCUT2D eigenvalue weighted by atomic mass is 16.5. The van der Waals surface area contributed by atoms with Crippen molar-refractivity contribution in [1.82, 2.24) is 10.6 Å². The molecule has 0 aliphatic heterocycles. The van der Waals surface area contributed by atoms with Gasteiger partial charge in [-0.3, -0.25) is 9.59 Å². The molecule has 2 aromatic rings. The van der Waals surface area contributed by atoms with E-state index in [1.54, 1.807) is 0 Å². The van der Waals surface area contributed by atoms with E-state index in [0.29, 0.717) is 11.8 Å². The highest BCUT2D eigenvalue weighted by Gasteiger charge is 2.42. The molecule has 4 rings (SSSR count). The molecule has 34 heavy (non-hydrogen) atoms. The maximum absolute atomic E-state index is 12.8. The predicted molar refractivity (Wildman–Crippen MR) is 132 cm³/mol. The average Bonchev–Trinajstić information content (AvgIpc) is 3.45. The Hall–Kier alpha value is -2.89. The molecule has 6 nitrogen and oxygen atoms in total. The van der Waals surface area contributed by atoms with Crippen LogP contribution >= 0.6 is 0 Å². The van der Waals surface area contributed by atoms with Gasteiger partial charge in [0.25, 0.3) is 5.91 Å². The second-order valence-electron chi connectivity index (χ2n) is 10.4. The smallest absolute Gasteiger partial charge is 0.329 e. The zero-order valence-corrected chi connectivity index (χ0v) is 20.4. The third-order valence-electron chi connectivity index (χ3n) is 7.64. The minimum absolute atomic E-state index is 0.0859. The third-order valence-corrected chi connectivity index (χ3v) is 7.64. The molecule has 2 amide bonds. The van der Waals surface area contributed by atoms with E-state index in [1.165, 1.54) is 25.7 Å². The third kappa shape index (κ3) is 5.60. The van der Waals surface area contributed by atoms with Crippen LogP contribution in [0.1, 0.15) is 52.0 Å². The molecule has 5 atom stereocenters. The largest absolute Gasteiger partial charge is 0.454 e. The first kappa shape index (κ1) is 24.2. The molecule has 2 saturated carbocycles. The van der Waals surface area contributed by atoms with Crippen molar-refractivity contribution in [2.45, 2.75) is 65.0 Å². The summed E-state index contributed by atoms with van der Waals surface area (Å²) >= 11 is 0. The standard InChI is InChI=1S/C28H36N2O4/c1-17(2)27(30-25(31)15-21-9-6-8-20-7-4-5-10-23(20)21)28(33)34-16-26(32)29-18(3)24-14-19-11-12-22(24)13-19/h4-10,17-19,22,24,27H,11-16H2,1-3H3,(H,29,32)(H,30,31)/t18-,19-,22-,24+,27-/m0/s1. The molecule has 2 aliphatic rings. The van der Waals surface area contributed by atoms with E-state index in [-0.39, 0.29) is 36.8 Å². The normalized spacial score (nSPS) is 23.0. The van der Waals surface area contributed by atoms with Crippen molar-refractivity contribution in [3.05, 3.63) is 48.0 Å². The van der Waals surface area contributed by atoms with Crippen molar-refractivity contribution >= 4 is 28.6 Å². The first-order valence-corrected chi connectivity index (χ1v) is 12.5. The topological polar surface area (TPSA) is 84.5 Å². The van der Waals surface area contributed by atoms with Crippen LogP contribution < -0.4 is 10.6 Å². The number of esters is 1. The highest BCUT2D eigenvalue weighted by Crippen LogP contribution is 2.49. The molecule has 2 fully saturated rings. The van der Waals surface area contributed by atoms with Crippen molar-refractivity contribution in [2.75, 3.05) is 6.61 Å². The summed E-state index contributed by atoms with van der Waals surface area (Å²) in [6.07, 6.45) is 5.22. The number of ether oxygens (including phenoxy) is 1. The van der Waals surface area contributed by atoms with Gasteiger partial charge in [0.2, 0.25) is 5.91 Å². The molecule has 0 spiro atoms. The Balaban J connectivity index is 1.28. The molecule has 0 unspecified atom stereocenters. The Labute approximate surface area is 201 Å². The summed E-state index contributed by atoms with van der Waals surface area (Å²) in [7, 11) is 0. The Bertz CT molecular complexity index is 1040. The summed E-state index contributed by atoms with van der Waals surface area (Å²) in [6.45, 7) is 5.42. The zero-order chi connectivity index (χ0) is 24.2. The number of rotatable bonds is 9. The van der Waals surface area contributed by atoms with Crippen LogP contribution in [0.15, 0.2) is 42.5 Å². The lowest BCUT2D eigenvalue weighted by Gasteiger charge is -2.28. The summed E-state index contributed by atoms with van der Waals surface area (Å²) in [5, 5.41) is 7.92. The summed E-state index contributed by atoms with van der Waals surface area (Å²) in [4.78, 5) is 37.9. The molecular formula is C28H36N2O4. The molecule has 6 heteroatoms. The van der Waals surface area contributed by atoms with Gasteiger partial charge in [0.05, 0.1) is 6.42 Å². The highest BCUT2D eigenvalue weighted by molar-refractivity contribution is 5.92. The fraction of sp³-hybridized carbons (Fsp3) is 0.536. The summed E-state index contributed by atoms with van der Waals surface area (Å²) < 4.78 is 5.31. The van der Waals surface area contributed by atoms with Gasteiger partial charge in [0.15, 0.2) is 6.61 Å². The minimum Gasteiger partial charge on any atom is -0.454 e. The van der Waals surface area contributed by atoms with Crippen molar-refractivity contribution in [3.63, 3.8) is 0 Å². The van der Waals surface area contributed by atoms with Crippen molar-refractivity contribution in [2.24, 2.45) is 23.7 Å². The molecule has 2 N–H and O–H groups in total. The second kappa shape index (κ2) is 10.6. The molecule has 2 aromatic carbocycles.